The second kappa shape index (κ2) is 11.5. The highest BCUT2D eigenvalue weighted by Gasteiger charge is 2.32. The van der Waals surface area contributed by atoms with Crippen LogP contribution in [-0.4, -0.2) is 65.7 Å². The Labute approximate surface area is 212 Å². The molecule has 0 radical (unpaired) electrons. The highest BCUT2D eigenvalue weighted by atomic mass is 32.2. The van der Waals surface area contributed by atoms with Gasteiger partial charge in [0, 0.05) is 37.9 Å². The summed E-state index contributed by atoms with van der Waals surface area (Å²) >= 11 is 0. The molecule has 1 aliphatic heterocycles. The fourth-order valence-electron chi connectivity index (χ4n) is 4.31. The minimum atomic E-state index is -4.02. The molecule has 1 saturated heterocycles. The summed E-state index contributed by atoms with van der Waals surface area (Å²) in [7, 11) is -1.09. The molecular weight excluding hydrogens is 478 g/mol. The second-order valence-corrected chi connectivity index (χ2v) is 10.2. The number of benzene rings is 3. The number of carbonyl (C=O) groups is 1. The van der Waals surface area contributed by atoms with E-state index in [1.54, 1.807) is 4.90 Å². The van der Waals surface area contributed by atoms with Gasteiger partial charge in [0.2, 0.25) is 15.9 Å². The Balaban J connectivity index is 1.54. The van der Waals surface area contributed by atoms with Crippen molar-refractivity contribution < 1.29 is 22.7 Å². The zero-order chi connectivity index (χ0) is 25.5. The fourth-order valence-corrected chi connectivity index (χ4v) is 5.52. The van der Waals surface area contributed by atoms with E-state index in [2.05, 4.69) is 9.62 Å². The fraction of sp³-hybridized carbons (Fsp3) is 0.296. The van der Waals surface area contributed by atoms with E-state index in [1.165, 1.54) is 32.4 Å². The number of hydrogen-bond acceptors (Lipinski definition) is 6. The van der Waals surface area contributed by atoms with Gasteiger partial charge in [-0.1, -0.05) is 48.5 Å². The van der Waals surface area contributed by atoms with E-state index >= 15 is 0 Å². The molecule has 0 spiro atoms. The number of ether oxygens (including phenoxy) is 2. The highest BCUT2D eigenvalue weighted by Crippen LogP contribution is 2.29. The van der Waals surface area contributed by atoms with E-state index in [0.717, 1.165) is 11.3 Å². The summed E-state index contributed by atoms with van der Waals surface area (Å²) < 4.78 is 39.8. The first-order valence-corrected chi connectivity index (χ1v) is 13.3. The number of piperazine rings is 1. The molecule has 4 rings (SSSR count). The number of nitrogens with one attached hydrogen (secondary N) is 1. The van der Waals surface area contributed by atoms with E-state index in [-0.39, 0.29) is 17.2 Å². The molecule has 1 N–H and O–H groups in total. The molecule has 1 amide bonds. The SMILES string of the molecule is COc1ccc(S(=O)(=O)N[C@H](Cc2ccccc2)C(=O)N2CCN(c3ccccc3)CC2)cc1OC. The van der Waals surface area contributed by atoms with Gasteiger partial charge in [-0.25, -0.2) is 8.42 Å². The maximum Gasteiger partial charge on any atom is 0.241 e. The normalized spacial score (nSPS) is 14.8. The molecule has 8 nitrogen and oxygen atoms in total. The number of hydrogen-bond donors (Lipinski definition) is 1. The predicted molar refractivity (Wildman–Crippen MR) is 139 cm³/mol. The van der Waals surface area contributed by atoms with E-state index in [4.69, 9.17) is 9.47 Å². The topological polar surface area (TPSA) is 88.2 Å². The maximum absolute atomic E-state index is 13.6. The summed E-state index contributed by atoms with van der Waals surface area (Å²) in [6, 6.07) is 22.9. The first-order valence-electron chi connectivity index (χ1n) is 11.8. The Morgan fingerprint density at radius 1 is 0.861 bits per heavy atom. The van der Waals surface area contributed by atoms with Crippen LogP contribution >= 0.6 is 0 Å². The zero-order valence-corrected chi connectivity index (χ0v) is 21.3. The molecule has 1 heterocycles. The third kappa shape index (κ3) is 5.98. The lowest BCUT2D eigenvalue weighted by Gasteiger charge is -2.37. The first kappa shape index (κ1) is 25.5. The van der Waals surface area contributed by atoms with Crippen molar-refractivity contribution in [2.24, 2.45) is 0 Å². The van der Waals surface area contributed by atoms with Crippen LogP contribution in [-0.2, 0) is 21.2 Å². The van der Waals surface area contributed by atoms with Gasteiger partial charge in [-0.2, -0.15) is 4.72 Å². The predicted octanol–water partition coefficient (Wildman–Crippen LogP) is 2.94. The molecule has 0 unspecified atom stereocenters. The molecule has 0 saturated carbocycles. The van der Waals surface area contributed by atoms with Crippen LogP contribution in [0.3, 0.4) is 0 Å². The number of amides is 1. The summed E-state index contributed by atoms with van der Waals surface area (Å²) in [5, 5.41) is 0. The molecule has 1 fully saturated rings. The maximum atomic E-state index is 13.6. The third-order valence-corrected chi connectivity index (χ3v) is 7.73. The van der Waals surface area contributed by atoms with Crippen LogP contribution in [0.15, 0.2) is 83.8 Å². The lowest BCUT2D eigenvalue weighted by Crippen LogP contribution is -2.55. The van der Waals surface area contributed by atoms with Gasteiger partial charge in [0.1, 0.15) is 6.04 Å². The van der Waals surface area contributed by atoms with Crippen LogP contribution in [0.5, 0.6) is 11.5 Å². The summed E-state index contributed by atoms with van der Waals surface area (Å²) in [5.41, 5.74) is 1.98. The molecule has 0 aromatic heterocycles. The van der Waals surface area contributed by atoms with Crippen molar-refractivity contribution in [3.63, 3.8) is 0 Å². The van der Waals surface area contributed by atoms with Crippen molar-refractivity contribution in [3.8, 4) is 11.5 Å². The summed E-state index contributed by atoms with van der Waals surface area (Å²) in [6.07, 6.45) is 0.241. The van der Waals surface area contributed by atoms with Gasteiger partial charge in [0.05, 0.1) is 19.1 Å². The number of carbonyl (C=O) groups excluding carboxylic acids is 1. The van der Waals surface area contributed by atoms with Gasteiger partial charge >= 0.3 is 0 Å². The lowest BCUT2D eigenvalue weighted by atomic mass is 10.1. The van der Waals surface area contributed by atoms with Gasteiger partial charge in [-0.05, 0) is 36.2 Å². The number of rotatable bonds is 9. The van der Waals surface area contributed by atoms with Crippen LogP contribution in [0.25, 0.3) is 0 Å². The molecular formula is C27H31N3O5S. The Morgan fingerprint density at radius 3 is 2.08 bits per heavy atom. The molecule has 0 bridgehead atoms. The molecule has 36 heavy (non-hydrogen) atoms. The van der Waals surface area contributed by atoms with Crippen molar-refractivity contribution in [2.75, 3.05) is 45.3 Å². The zero-order valence-electron chi connectivity index (χ0n) is 20.5. The van der Waals surface area contributed by atoms with Crippen LogP contribution in [0, 0.1) is 0 Å². The van der Waals surface area contributed by atoms with Gasteiger partial charge < -0.3 is 19.3 Å². The monoisotopic (exact) mass is 509 g/mol. The second-order valence-electron chi connectivity index (χ2n) is 8.53. The molecule has 0 aliphatic carbocycles. The molecule has 1 atom stereocenters. The summed E-state index contributed by atoms with van der Waals surface area (Å²) in [6.45, 7) is 2.38. The van der Waals surface area contributed by atoms with Crippen molar-refractivity contribution in [2.45, 2.75) is 17.4 Å². The summed E-state index contributed by atoms with van der Waals surface area (Å²) in [5.74, 6) is 0.476. The minimum absolute atomic E-state index is 0.0000846. The largest absolute Gasteiger partial charge is 0.493 e. The molecule has 9 heteroatoms. The smallest absolute Gasteiger partial charge is 0.241 e. The van der Waals surface area contributed by atoms with Gasteiger partial charge in [-0.15, -0.1) is 0 Å². The van der Waals surface area contributed by atoms with Crippen LogP contribution < -0.4 is 19.1 Å². The Hall–Kier alpha value is -3.56. The average Bonchev–Trinajstić information content (AvgIpc) is 2.93. The van der Waals surface area contributed by atoms with Crippen LogP contribution in [0.4, 0.5) is 5.69 Å². The molecule has 1 aliphatic rings. The number of methoxy groups -OCH3 is 2. The summed E-state index contributed by atoms with van der Waals surface area (Å²) in [4.78, 5) is 17.6. The number of para-hydroxylation sites is 1. The van der Waals surface area contributed by atoms with Crippen molar-refractivity contribution >= 4 is 21.6 Å². The number of nitrogens with zero attached hydrogens (tertiary/aromatic N) is 2. The van der Waals surface area contributed by atoms with Gasteiger partial charge in [0.25, 0.3) is 0 Å². The average molecular weight is 510 g/mol. The van der Waals surface area contributed by atoms with Crippen LogP contribution in [0.1, 0.15) is 5.56 Å². The number of anilines is 1. The molecule has 3 aromatic rings. The van der Waals surface area contributed by atoms with E-state index in [1.807, 2.05) is 60.7 Å². The van der Waals surface area contributed by atoms with Crippen LogP contribution in [0.2, 0.25) is 0 Å². The molecule has 190 valence electrons. The first-order chi connectivity index (χ1) is 17.4. The van der Waals surface area contributed by atoms with E-state index in [9.17, 15) is 13.2 Å². The minimum Gasteiger partial charge on any atom is -0.493 e. The Morgan fingerprint density at radius 2 is 1.47 bits per heavy atom. The van der Waals surface area contributed by atoms with Crippen molar-refractivity contribution in [3.05, 3.63) is 84.4 Å². The van der Waals surface area contributed by atoms with Gasteiger partial charge in [-0.3, -0.25) is 4.79 Å². The standard InChI is InChI=1S/C27H31N3O5S/c1-34-25-14-13-23(20-26(25)35-2)36(32,33)28-24(19-21-9-5-3-6-10-21)27(31)30-17-15-29(16-18-30)22-11-7-4-8-12-22/h3-14,20,24,28H,15-19H2,1-2H3/t24-/m1/s1. The van der Waals surface area contributed by atoms with Gasteiger partial charge in [0.15, 0.2) is 11.5 Å². The van der Waals surface area contributed by atoms with Crippen molar-refractivity contribution in [1.82, 2.24) is 9.62 Å². The Kier molecular flexibility index (Phi) is 8.12. The van der Waals surface area contributed by atoms with E-state index < -0.39 is 16.1 Å². The quantitative estimate of drug-likeness (QED) is 0.477. The Bertz CT molecular complexity index is 1260. The lowest BCUT2D eigenvalue weighted by molar-refractivity contribution is -0.133. The third-order valence-electron chi connectivity index (χ3n) is 6.26. The molecule has 3 aromatic carbocycles. The number of sulfonamides is 1. The van der Waals surface area contributed by atoms with Crippen molar-refractivity contribution in [1.29, 1.82) is 0 Å². The highest BCUT2D eigenvalue weighted by molar-refractivity contribution is 7.89. The van der Waals surface area contributed by atoms with E-state index in [0.29, 0.717) is 37.7 Å².